The summed E-state index contributed by atoms with van der Waals surface area (Å²) in [7, 11) is 1.58. The highest BCUT2D eigenvalue weighted by atomic mass is 16.5. The van der Waals surface area contributed by atoms with Crippen LogP contribution in [0.3, 0.4) is 0 Å². The van der Waals surface area contributed by atoms with Crippen LogP contribution in [0.4, 0.5) is 5.69 Å². The van der Waals surface area contributed by atoms with Gasteiger partial charge in [0, 0.05) is 12.3 Å². The third kappa shape index (κ3) is 3.86. The Morgan fingerprint density at radius 1 is 1.03 bits per heavy atom. The molecular weight excluding hydrogens is 372 g/mol. The molecular formula is C21H18N4O4. The number of nitrogens with zero attached hydrogens (tertiary/aromatic N) is 3. The van der Waals surface area contributed by atoms with Crippen molar-refractivity contribution in [3.05, 3.63) is 65.6 Å². The van der Waals surface area contributed by atoms with Crippen LogP contribution in [-0.2, 0) is 0 Å². The van der Waals surface area contributed by atoms with E-state index in [1.165, 1.54) is 12.4 Å². The molecule has 4 aromatic rings. The lowest BCUT2D eigenvalue weighted by Crippen LogP contribution is -2.12. The topological polar surface area (TPSA) is 99.4 Å². The Balaban J connectivity index is 1.47. The van der Waals surface area contributed by atoms with E-state index >= 15 is 0 Å². The molecule has 0 spiro atoms. The number of amides is 1. The normalized spacial score (nSPS) is 10.7. The molecule has 4 rings (SSSR count). The number of pyridine rings is 2. The van der Waals surface area contributed by atoms with Gasteiger partial charge in [0.1, 0.15) is 0 Å². The first-order valence-electron chi connectivity index (χ1n) is 8.85. The predicted octanol–water partition coefficient (Wildman–Crippen LogP) is 4.29. The summed E-state index contributed by atoms with van der Waals surface area (Å²) in [6.45, 7) is 3.76. The number of hydrogen-bond acceptors (Lipinski definition) is 7. The third-order valence-corrected chi connectivity index (χ3v) is 4.30. The maximum atomic E-state index is 12.5. The molecule has 8 heteroatoms. The van der Waals surface area contributed by atoms with Crippen molar-refractivity contribution < 1.29 is 18.8 Å². The number of carbonyl (C=O) groups is 1. The Morgan fingerprint density at radius 2 is 1.90 bits per heavy atom. The molecule has 0 saturated heterocycles. The number of carbonyl (C=O) groups excluding carboxylic acids is 1. The van der Waals surface area contributed by atoms with Gasteiger partial charge in [0.05, 0.1) is 35.6 Å². The Labute approximate surface area is 166 Å². The molecule has 3 heterocycles. The molecule has 0 fully saturated rings. The zero-order chi connectivity index (χ0) is 20.4. The van der Waals surface area contributed by atoms with Crippen LogP contribution in [0.5, 0.6) is 17.4 Å². The minimum absolute atomic E-state index is 0.310. The smallest absolute Gasteiger partial charge is 0.257 e. The molecule has 0 aliphatic rings. The highest BCUT2D eigenvalue weighted by molar-refractivity contribution is 6.05. The number of aromatic nitrogens is 3. The monoisotopic (exact) mass is 390 g/mol. The number of aryl methyl sites for hydroxylation is 2. The molecule has 29 heavy (non-hydrogen) atoms. The van der Waals surface area contributed by atoms with Crippen molar-refractivity contribution in [1.82, 2.24) is 15.1 Å². The first-order valence-corrected chi connectivity index (χ1v) is 8.85. The Kier molecular flexibility index (Phi) is 4.82. The van der Waals surface area contributed by atoms with E-state index in [-0.39, 0.29) is 5.91 Å². The van der Waals surface area contributed by atoms with E-state index < -0.39 is 0 Å². The standard InChI is InChI=1S/C21H18N4O4/c1-12-4-6-17(18(8-12)27-3)28-19-7-5-15(11-22-19)24-20(26)14-9-16-13(2)25-29-21(16)23-10-14/h4-11H,1-3H3,(H,24,26). The number of benzene rings is 1. The third-order valence-electron chi connectivity index (χ3n) is 4.30. The van der Waals surface area contributed by atoms with Crippen LogP contribution in [0.15, 0.2) is 53.3 Å². The van der Waals surface area contributed by atoms with Gasteiger partial charge in [0.25, 0.3) is 11.6 Å². The number of anilines is 1. The van der Waals surface area contributed by atoms with Crippen LogP contribution in [0.1, 0.15) is 21.6 Å². The van der Waals surface area contributed by atoms with Gasteiger partial charge in [-0.05, 0) is 43.7 Å². The summed E-state index contributed by atoms with van der Waals surface area (Å²) in [5.74, 6) is 1.26. The SMILES string of the molecule is COc1cc(C)ccc1Oc1ccc(NC(=O)c2cnc3onc(C)c3c2)cn1. The number of methoxy groups -OCH3 is 1. The molecule has 0 saturated carbocycles. The molecule has 1 aromatic carbocycles. The molecule has 0 radical (unpaired) electrons. The highest BCUT2D eigenvalue weighted by Crippen LogP contribution is 2.31. The van der Waals surface area contributed by atoms with Gasteiger partial charge in [-0.15, -0.1) is 0 Å². The van der Waals surface area contributed by atoms with Crippen LogP contribution in [0.2, 0.25) is 0 Å². The quantitative estimate of drug-likeness (QED) is 0.543. The van der Waals surface area contributed by atoms with Crippen molar-refractivity contribution in [2.24, 2.45) is 0 Å². The largest absolute Gasteiger partial charge is 0.493 e. The van der Waals surface area contributed by atoms with Crippen LogP contribution in [0.25, 0.3) is 11.1 Å². The molecule has 0 atom stereocenters. The van der Waals surface area contributed by atoms with Crippen molar-refractivity contribution >= 4 is 22.7 Å². The number of rotatable bonds is 5. The fourth-order valence-electron chi connectivity index (χ4n) is 2.76. The van der Waals surface area contributed by atoms with E-state index in [1.54, 1.807) is 32.2 Å². The summed E-state index contributed by atoms with van der Waals surface area (Å²) in [5, 5.41) is 7.32. The molecule has 146 valence electrons. The minimum atomic E-state index is -0.310. The minimum Gasteiger partial charge on any atom is -0.493 e. The van der Waals surface area contributed by atoms with Crippen molar-refractivity contribution in [2.75, 3.05) is 12.4 Å². The zero-order valence-electron chi connectivity index (χ0n) is 16.1. The fourth-order valence-corrected chi connectivity index (χ4v) is 2.76. The number of hydrogen-bond donors (Lipinski definition) is 1. The van der Waals surface area contributed by atoms with Crippen LogP contribution in [-0.4, -0.2) is 28.1 Å². The molecule has 0 bridgehead atoms. The molecule has 1 N–H and O–H groups in total. The second kappa shape index (κ2) is 7.59. The second-order valence-corrected chi connectivity index (χ2v) is 6.44. The summed E-state index contributed by atoms with van der Waals surface area (Å²) in [5.41, 5.74) is 3.06. The van der Waals surface area contributed by atoms with Gasteiger partial charge in [-0.25, -0.2) is 9.97 Å². The van der Waals surface area contributed by atoms with Crippen LogP contribution in [0, 0.1) is 13.8 Å². The van der Waals surface area contributed by atoms with Gasteiger partial charge in [-0.1, -0.05) is 11.2 Å². The Morgan fingerprint density at radius 3 is 2.66 bits per heavy atom. The molecule has 8 nitrogen and oxygen atoms in total. The fraction of sp³-hybridized carbons (Fsp3) is 0.143. The summed E-state index contributed by atoms with van der Waals surface area (Å²) in [6.07, 6.45) is 2.96. The summed E-state index contributed by atoms with van der Waals surface area (Å²) in [6, 6.07) is 10.7. The van der Waals surface area contributed by atoms with Gasteiger partial charge < -0.3 is 19.3 Å². The first kappa shape index (κ1) is 18.4. The maximum Gasteiger partial charge on any atom is 0.257 e. The van der Waals surface area contributed by atoms with Crippen molar-refractivity contribution in [1.29, 1.82) is 0 Å². The van der Waals surface area contributed by atoms with E-state index in [4.69, 9.17) is 14.0 Å². The number of nitrogens with one attached hydrogen (secondary N) is 1. The van der Waals surface area contributed by atoms with Crippen molar-refractivity contribution in [3.8, 4) is 17.4 Å². The van der Waals surface area contributed by atoms with Crippen LogP contribution >= 0.6 is 0 Å². The van der Waals surface area contributed by atoms with Crippen LogP contribution < -0.4 is 14.8 Å². The average Bonchev–Trinajstić information content (AvgIpc) is 3.11. The van der Waals surface area contributed by atoms with E-state index in [0.717, 1.165) is 5.56 Å². The van der Waals surface area contributed by atoms with Gasteiger partial charge in [-0.3, -0.25) is 4.79 Å². The van der Waals surface area contributed by atoms with E-state index in [9.17, 15) is 4.79 Å². The van der Waals surface area contributed by atoms with Gasteiger partial charge in [0.2, 0.25) is 5.88 Å². The molecule has 0 aliphatic carbocycles. The maximum absolute atomic E-state index is 12.5. The van der Waals surface area contributed by atoms with Gasteiger partial charge in [0.15, 0.2) is 11.5 Å². The number of ether oxygens (including phenoxy) is 2. The van der Waals surface area contributed by atoms with Crippen molar-refractivity contribution in [3.63, 3.8) is 0 Å². The Hall–Kier alpha value is -3.94. The lowest BCUT2D eigenvalue weighted by Gasteiger charge is -2.11. The van der Waals surface area contributed by atoms with Gasteiger partial charge >= 0.3 is 0 Å². The lowest BCUT2D eigenvalue weighted by atomic mass is 10.2. The molecule has 3 aromatic heterocycles. The average molecular weight is 390 g/mol. The zero-order valence-corrected chi connectivity index (χ0v) is 16.1. The molecule has 1 amide bonds. The van der Waals surface area contributed by atoms with E-state index in [2.05, 4.69) is 20.4 Å². The number of fused-ring (bicyclic) bond motifs is 1. The molecule has 0 unspecified atom stereocenters. The highest BCUT2D eigenvalue weighted by Gasteiger charge is 2.12. The predicted molar refractivity (Wildman–Crippen MR) is 107 cm³/mol. The summed E-state index contributed by atoms with van der Waals surface area (Å²) < 4.78 is 16.2. The lowest BCUT2D eigenvalue weighted by molar-refractivity contribution is 0.102. The second-order valence-electron chi connectivity index (χ2n) is 6.44. The van der Waals surface area contributed by atoms with E-state index in [1.807, 2.05) is 25.1 Å². The van der Waals surface area contributed by atoms with E-state index in [0.29, 0.717) is 45.4 Å². The summed E-state index contributed by atoms with van der Waals surface area (Å²) >= 11 is 0. The van der Waals surface area contributed by atoms with Gasteiger partial charge in [-0.2, -0.15) is 0 Å². The van der Waals surface area contributed by atoms with Crippen molar-refractivity contribution in [2.45, 2.75) is 13.8 Å². The molecule has 0 aliphatic heterocycles. The summed E-state index contributed by atoms with van der Waals surface area (Å²) in [4.78, 5) is 20.9. The first-order chi connectivity index (χ1) is 14.0. The Bertz CT molecular complexity index is 1190.